The van der Waals surface area contributed by atoms with Gasteiger partial charge in [-0.25, -0.2) is 4.98 Å². The molecule has 5 rings (SSSR count). The number of rotatable bonds is 7. The van der Waals surface area contributed by atoms with Gasteiger partial charge in [0.15, 0.2) is 11.5 Å². The monoisotopic (exact) mass is 535 g/mol. The first-order valence-corrected chi connectivity index (χ1v) is 13.1. The van der Waals surface area contributed by atoms with Crippen LogP contribution in [0.2, 0.25) is 10.0 Å². The van der Waals surface area contributed by atoms with Gasteiger partial charge in [-0.05, 0) is 60.9 Å². The predicted octanol–water partition coefficient (Wildman–Crippen LogP) is 7.22. The maximum Gasteiger partial charge on any atom is 0.282 e. The molecule has 4 aromatic rings. The Kier molecular flexibility index (Phi) is 7.77. The molecule has 0 aliphatic heterocycles. The van der Waals surface area contributed by atoms with Gasteiger partial charge in [0, 0.05) is 21.5 Å². The molecule has 0 saturated heterocycles. The third-order valence-corrected chi connectivity index (χ3v) is 7.24. The lowest BCUT2D eigenvalue weighted by Crippen LogP contribution is -2.25. The summed E-state index contributed by atoms with van der Waals surface area (Å²) in [7, 11) is 1.58. The molecule has 1 fully saturated rings. The largest absolute Gasteiger partial charge is 0.493 e. The summed E-state index contributed by atoms with van der Waals surface area (Å²) in [4.78, 5) is 18.3. The van der Waals surface area contributed by atoms with Crippen LogP contribution in [-0.2, 0) is 6.61 Å². The van der Waals surface area contributed by atoms with Gasteiger partial charge in [-0.2, -0.15) is 9.78 Å². The van der Waals surface area contributed by atoms with Gasteiger partial charge >= 0.3 is 0 Å². The Bertz CT molecular complexity index is 1510. The molecule has 0 bridgehead atoms. The summed E-state index contributed by atoms with van der Waals surface area (Å²) in [5.41, 5.74) is 2.14. The summed E-state index contributed by atoms with van der Waals surface area (Å²) in [6, 6.07) is 18.2. The molecule has 0 N–H and O–H groups in total. The second kappa shape index (κ2) is 11.4. The highest BCUT2D eigenvalue weighted by atomic mass is 35.5. The third kappa shape index (κ3) is 5.65. The van der Waals surface area contributed by atoms with Crippen molar-refractivity contribution in [3.63, 3.8) is 0 Å². The highest BCUT2D eigenvalue weighted by Crippen LogP contribution is 2.32. The maximum absolute atomic E-state index is 13.4. The fourth-order valence-corrected chi connectivity index (χ4v) is 5.14. The zero-order chi connectivity index (χ0) is 25.8. The summed E-state index contributed by atoms with van der Waals surface area (Å²) in [6.45, 7) is 0.267. The fourth-order valence-electron chi connectivity index (χ4n) is 4.68. The molecule has 0 spiro atoms. The molecular weight excluding hydrogens is 509 g/mol. The number of fused-ring (bicyclic) bond motifs is 1. The van der Waals surface area contributed by atoms with Crippen LogP contribution in [0.5, 0.6) is 11.5 Å². The first-order chi connectivity index (χ1) is 18.0. The van der Waals surface area contributed by atoms with Crippen LogP contribution >= 0.6 is 23.2 Å². The average molecular weight is 536 g/mol. The first kappa shape index (κ1) is 25.3. The second-order valence-corrected chi connectivity index (χ2v) is 9.96. The molecule has 190 valence electrons. The molecule has 1 aliphatic rings. The van der Waals surface area contributed by atoms with E-state index < -0.39 is 0 Å². The number of methoxy groups -OCH3 is 1. The Morgan fingerprint density at radius 1 is 1.03 bits per heavy atom. The van der Waals surface area contributed by atoms with E-state index in [4.69, 9.17) is 37.7 Å². The van der Waals surface area contributed by atoms with Crippen molar-refractivity contribution in [1.82, 2.24) is 9.66 Å². The van der Waals surface area contributed by atoms with Crippen LogP contribution < -0.4 is 15.0 Å². The van der Waals surface area contributed by atoms with Gasteiger partial charge in [0.1, 0.15) is 12.4 Å². The number of aromatic nitrogens is 2. The topological polar surface area (TPSA) is 65.7 Å². The van der Waals surface area contributed by atoms with E-state index in [2.05, 4.69) is 5.10 Å². The molecule has 1 aromatic heterocycles. The summed E-state index contributed by atoms with van der Waals surface area (Å²) in [5.74, 6) is 2.06. The molecule has 1 saturated carbocycles. The molecule has 1 aliphatic carbocycles. The highest BCUT2D eigenvalue weighted by molar-refractivity contribution is 6.35. The van der Waals surface area contributed by atoms with Crippen molar-refractivity contribution in [2.75, 3.05) is 7.11 Å². The maximum atomic E-state index is 13.4. The molecular formula is C29H27Cl2N3O3. The van der Waals surface area contributed by atoms with Crippen molar-refractivity contribution in [3.05, 3.63) is 98.0 Å². The minimum Gasteiger partial charge on any atom is -0.493 e. The van der Waals surface area contributed by atoms with Crippen molar-refractivity contribution in [1.29, 1.82) is 0 Å². The molecule has 8 heteroatoms. The first-order valence-electron chi connectivity index (χ1n) is 12.3. The lowest BCUT2D eigenvalue weighted by atomic mass is 9.88. The van der Waals surface area contributed by atoms with Crippen LogP contribution in [0.4, 0.5) is 0 Å². The predicted molar refractivity (Wildman–Crippen MR) is 149 cm³/mol. The van der Waals surface area contributed by atoms with Crippen LogP contribution in [0.15, 0.2) is 70.6 Å². The second-order valence-electron chi connectivity index (χ2n) is 9.12. The Morgan fingerprint density at radius 2 is 1.84 bits per heavy atom. The molecule has 0 atom stereocenters. The van der Waals surface area contributed by atoms with E-state index in [-0.39, 0.29) is 18.1 Å². The van der Waals surface area contributed by atoms with Crippen LogP contribution in [-0.4, -0.2) is 23.0 Å². The lowest BCUT2D eigenvalue weighted by molar-refractivity contribution is 0.284. The van der Waals surface area contributed by atoms with Gasteiger partial charge < -0.3 is 9.47 Å². The van der Waals surface area contributed by atoms with E-state index in [0.29, 0.717) is 32.4 Å². The number of hydrogen-bond donors (Lipinski definition) is 0. The van der Waals surface area contributed by atoms with Crippen molar-refractivity contribution in [2.24, 2.45) is 5.10 Å². The zero-order valence-corrected chi connectivity index (χ0v) is 22.0. The molecule has 0 amide bonds. The summed E-state index contributed by atoms with van der Waals surface area (Å²) in [5, 5.41) is 6.28. The number of nitrogens with zero attached hydrogens (tertiary/aromatic N) is 3. The Morgan fingerprint density at radius 3 is 2.62 bits per heavy atom. The lowest BCUT2D eigenvalue weighted by Gasteiger charge is -2.22. The van der Waals surface area contributed by atoms with E-state index in [1.165, 1.54) is 11.1 Å². The fraction of sp³-hybridized carbons (Fsp3) is 0.276. The van der Waals surface area contributed by atoms with E-state index in [1.807, 2.05) is 42.5 Å². The summed E-state index contributed by atoms with van der Waals surface area (Å²) < 4.78 is 13.0. The summed E-state index contributed by atoms with van der Waals surface area (Å²) in [6.07, 6.45) is 7.17. The summed E-state index contributed by atoms with van der Waals surface area (Å²) >= 11 is 12.2. The smallest absolute Gasteiger partial charge is 0.282 e. The molecule has 0 radical (unpaired) electrons. The third-order valence-electron chi connectivity index (χ3n) is 6.66. The standard InChI is InChI=1S/C29H27Cl2N3O3/c1-36-27-15-19(11-14-26(27)37-18-21-12-13-22(30)16-24(21)31)17-32-34-28(20-7-3-2-4-8-20)33-25-10-6-5-9-23(25)29(34)35/h5-6,9-17,20H,2-4,7-8,18H2,1H3. The number of ether oxygens (including phenoxy) is 2. The molecule has 3 aromatic carbocycles. The average Bonchev–Trinajstić information content (AvgIpc) is 2.92. The van der Waals surface area contributed by atoms with E-state index in [0.717, 1.165) is 42.6 Å². The van der Waals surface area contributed by atoms with Gasteiger partial charge in [0.2, 0.25) is 0 Å². The van der Waals surface area contributed by atoms with Gasteiger partial charge in [-0.1, -0.05) is 60.7 Å². The molecule has 0 unspecified atom stereocenters. The zero-order valence-electron chi connectivity index (χ0n) is 20.5. The van der Waals surface area contributed by atoms with E-state index >= 15 is 0 Å². The quantitative estimate of drug-likeness (QED) is 0.234. The van der Waals surface area contributed by atoms with Gasteiger partial charge in [0.05, 0.1) is 24.2 Å². The SMILES string of the molecule is COc1cc(C=Nn2c(C3CCCCC3)nc3ccccc3c2=O)ccc1OCc1ccc(Cl)cc1Cl. The van der Waals surface area contributed by atoms with Crippen molar-refractivity contribution < 1.29 is 9.47 Å². The van der Waals surface area contributed by atoms with Gasteiger partial charge in [0.25, 0.3) is 5.56 Å². The van der Waals surface area contributed by atoms with Crippen LogP contribution in [0.3, 0.4) is 0 Å². The minimum atomic E-state index is -0.158. The number of halogens is 2. The van der Waals surface area contributed by atoms with Gasteiger partial charge in [-0.3, -0.25) is 4.79 Å². The number of benzene rings is 3. The Balaban J connectivity index is 1.44. The van der Waals surface area contributed by atoms with E-state index in [1.54, 1.807) is 31.5 Å². The van der Waals surface area contributed by atoms with Crippen LogP contribution in [0, 0.1) is 0 Å². The van der Waals surface area contributed by atoms with Crippen molar-refractivity contribution in [2.45, 2.75) is 44.6 Å². The molecule has 6 nitrogen and oxygen atoms in total. The van der Waals surface area contributed by atoms with Crippen LogP contribution in [0.25, 0.3) is 10.9 Å². The normalized spacial score (nSPS) is 14.4. The van der Waals surface area contributed by atoms with Crippen molar-refractivity contribution >= 4 is 40.3 Å². The van der Waals surface area contributed by atoms with E-state index in [9.17, 15) is 4.79 Å². The molecule has 37 heavy (non-hydrogen) atoms. The Labute approximate surface area is 225 Å². The van der Waals surface area contributed by atoms with Crippen LogP contribution in [0.1, 0.15) is 55.0 Å². The minimum absolute atomic E-state index is 0.158. The highest BCUT2D eigenvalue weighted by Gasteiger charge is 2.22. The molecule has 1 heterocycles. The Hall–Kier alpha value is -3.35. The number of hydrogen-bond acceptors (Lipinski definition) is 5. The van der Waals surface area contributed by atoms with Gasteiger partial charge in [-0.15, -0.1) is 0 Å². The van der Waals surface area contributed by atoms with Crippen molar-refractivity contribution in [3.8, 4) is 11.5 Å². The number of para-hydroxylation sites is 1.